The summed E-state index contributed by atoms with van der Waals surface area (Å²) < 4.78 is 5.05. The Morgan fingerprint density at radius 3 is 2.75 bits per heavy atom. The molecule has 0 radical (unpaired) electrons. The zero-order valence-electron chi connectivity index (χ0n) is 7.55. The molecule has 1 heterocycles. The molecular formula is C8H3BrClN3O3. The van der Waals surface area contributed by atoms with Gasteiger partial charge in [0, 0.05) is 27.0 Å². The first-order chi connectivity index (χ1) is 7.58. The van der Waals surface area contributed by atoms with Crippen molar-refractivity contribution in [3.63, 3.8) is 0 Å². The van der Waals surface area contributed by atoms with Gasteiger partial charge in [0.2, 0.25) is 0 Å². The van der Waals surface area contributed by atoms with Crippen molar-refractivity contribution in [1.29, 1.82) is 0 Å². The van der Waals surface area contributed by atoms with Gasteiger partial charge in [0.25, 0.3) is 16.4 Å². The van der Waals surface area contributed by atoms with Crippen LogP contribution in [0.5, 0.6) is 0 Å². The lowest BCUT2D eigenvalue weighted by Gasteiger charge is -1.98. The highest BCUT2D eigenvalue weighted by Crippen LogP contribution is 2.31. The van der Waals surface area contributed by atoms with E-state index in [1.807, 2.05) is 0 Å². The van der Waals surface area contributed by atoms with Crippen LogP contribution >= 0.6 is 27.5 Å². The average molecular weight is 304 g/mol. The molecule has 0 aliphatic heterocycles. The van der Waals surface area contributed by atoms with Crippen LogP contribution < -0.4 is 0 Å². The Kier molecular flexibility index (Phi) is 2.88. The highest BCUT2D eigenvalue weighted by Gasteiger charge is 2.20. The Bertz CT molecular complexity index is 557. The Hall–Kier alpha value is -1.47. The number of benzene rings is 1. The first-order valence-electron chi connectivity index (χ1n) is 4.01. The van der Waals surface area contributed by atoms with E-state index in [1.54, 1.807) is 0 Å². The topological polar surface area (TPSA) is 82.1 Å². The molecule has 8 heteroatoms. The number of halogens is 2. The third-order valence-electron chi connectivity index (χ3n) is 1.79. The third-order valence-corrected chi connectivity index (χ3v) is 2.34. The Labute approximate surface area is 103 Å². The summed E-state index contributed by atoms with van der Waals surface area (Å²) >= 11 is 8.64. The highest BCUT2D eigenvalue weighted by atomic mass is 79.9. The SMILES string of the molecule is O=[N+]([O-])c1cc(Cl)ccc1-c1nnc(Br)o1. The average Bonchev–Trinajstić information content (AvgIpc) is 2.64. The van der Waals surface area contributed by atoms with Crippen molar-refractivity contribution in [2.75, 3.05) is 0 Å². The largest absolute Gasteiger partial charge is 0.411 e. The van der Waals surface area contributed by atoms with Gasteiger partial charge in [0.15, 0.2) is 0 Å². The van der Waals surface area contributed by atoms with E-state index in [9.17, 15) is 10.1 Å². The molecule has 2 rings (SSSR count). The molecular weight excluding hydrogens is 301 g/mol. The van der Waals surface area contributed by atoms with E-state index in [1.165, 1.54) is 18.2 Å². The van der Waals surface area contributed by atoms with E-state index in [4.69, 9.17) is 16.0 Å². The molecule has 0 bridgehead atoms. The lowest BCUT2D eigenvalue weighted by Crippen LogP contribution is -1.92. The summed E-state index contributed by atoms with van der Waals surface area (Å²) in [6, 6.07) is 4.21. The summed E-state index contributed by atoms with van der Waals surface area (Å²) in [4.78, 5) is 10.4. The van der Waals surface area contributed by atoms with E-state index in [-0.39, 0.29) is 27.0 Å². The number of nitro groups is 1. The van der Waals surface area contributed by atoms with Gasteiger partial charge >= 0.3 is 0 Å². The standard InChI is InChI=1S/C8H3BrClN3O3/c9-8-12-11-7(16-8)5-2-1-4(10)3-6(5)13(14)15/h1-3H. The maximum atomic E-state index is 10.8. The first-order valence-corrected chi connectivity index (χ1v) is 5.18. The Morgan fingerprint density at radius 1 is 1.44 bits per heavy atom. The first kappa shape index (κ1) is 11.0. The number of aromatic nitrogens is 2. The van der Waals surface area contributed by atoms with Crippen LogP contribution in [0.15, 0.2) is 27.4 Å². The third kappa shape index (κ3) is 2.05. The molecule has 6 nitrogen and oxygen atoms in total. The minimum absolute atomic E-state index is 0.0650. The van der Waals surface area contributed by atoms with E-state index >= 15 is 0 Å². The van der Waals surface area contributed by atoms with Gasteiger partial charge < -0.3 is 4.42 Å². The summed E-state index contributed by atoms with van der Waals surface area (Å²) in [5, 5.41) is 18.3. The molecule has 0 saturated heterocycles. The van der Waals surface area contributed by atoms with Gasteiger partial charge in [-0.1, -0.05) is 11.6 Å². The zero-order chi connectivity index (χ0) is 11.7. The molecule has 0 amide bonds. The van der Waals surface area contributed by atoms with Crippen LogP contribution in [-0.4, -0.2) is 15.1 Å². The molecule has 0 aliphatic carbocycles. The molecule has 0 saturated carbocycles. The molecule has 1 aromatic heterocycles. The van der Waals surface area contributed by atoms with Gasteiger partial charge in [-0.3, -0.25) is 10.1 Å². The minimum Gasteiger partial charge on any atom is -0.411 e. The fourth-order valence-electron chi connectivity index (χ4n) is 1.15. The molecule has 0 aliphatic rings. The molecule has 1 aromatic carbocycles. The second-order valence-electron chi connectivity index (χ2n) is 2.78. The summed E-state index contributed by atoms with van der Waals surface area (Å²) in [6.07, 6.45) is 0. The minimum atomic E-state index is -0.556. The van der Waals surface area contributed by atoms with Crippen LogP contribution in [0.4, 0.5) is 5.69 Å². The van der Waals surface area contributed by atoms with Crippen molar-refractivity contribution in [2.45, 2.75) is 0 Å². The molecule has 0 N–H and O–H groups in total. The van der Waals surface area contributed by atoms with Crippen LogP contribution in [0.2, 0.25) is 5.02 Å². The predicted octanol–water partition coefficient (Wildman–Crippen LogP) is 3.06. The van der Waals surface area contributed by atoms with Crippen LogP contribution in [0.1, 0.15) is 0 Å². The van der Waals surface area contributed by atoms with Crippen molar-refractivity contribution >= 4 is 33.2 Å². The highest BCUT2D eigenvalue weighted by molar-refractivity contribution is 9.10. The molecule has 0 fully saturated rings. The molecule has 2 aromatic rings. The van der Waals surface area contributed by atoms with Crippen LogP contribution in [-0.2, 0) is 0 Å². The van der Waals surface area contributed by atoms with Crippen molar-refractivity contribution in [2.24, 2.45) is 0 Å². The monoisotopic (exact) mass is 303 g/mol. The Morgan fingerprint density at radius 2 is 2.19 bits per heavy atom. The van der Waals surface area contributed by atoms with Crippen molar-refractivity contribution < 1.29 is 9.34 Å². The number of rotatable bonds is 2. The van der Waals surface area contributed by atoms with Gasteiger partial charge in [0.05, 0.1) is 4.92 Å². The number of nitrogens with zero attached hydrogens (tertiary/aromatic N) is 3. The van der Waals surface area contributed by atoms with Crippen LogP contribution in [0, 0.1) is 10.1 Å². The normalized spacial score (nSPS) is 10.4. The predicted molar refractivity (Wildman–Crippen MR) is 59.1 cm³/mol. The molecule has 0 atom stereocenters. The second-order valence-corrected chi connectivity index (χ2v) is 3.89. The molecule has 0 unspecified atom stereocenters. The molecule has 16 heavy (non-hydrogen) atoms. The van der Waals surface area contributed by atoms with Gasteiger partial charge in [-0.25, -0.2) is 0 Å². The van der Waals surface area contributed by atoms with Crippen LogP contribution in [0.25, 0.3) is 11.5 Å². The number of nitro benzene ring substituents is 1. The fraction of sp³-hybridized carbons (Fsp3) is 0. The molecule has 82 valence electrons. The van der Waals surface area contributed by atoms with Gasteiger partial charge in [-0.2, -0.15) is 0 Å². The van der Waals surface area contributed by atoms with Crippen molar-refractivity contribution in [3.05, 3.63) is 38.1 Å². The quantitative estimate of drug-likeness (QED) is 0.629. The summed E-state index contributed by atoms with van der Waals surface area (Å²) in [5.41, 5.74) is 0.0521. The molecule has 0 spiro atoms. The maximum absolute atomic E-state index is 10.8. The number of hydrogen-bond acceptors (Lipinski definition) is 5. The fourth-order valence-corrected chi connectivity index (χ4v) is 1.55. The number of hydrogen-bond donors (Lipinski definition) is 0. The second kappa shape index (κ2) is 4.18. The summed E-state index contributed by atoms with van der Waals surface area (Å²) in [7, 11) is 0. The lowest BCUT2D eigenvalue weighted by molar-refractivity contribution is -0.384. The van der Waals surface area contributed by atoms with Crippen molar-refractivity contribution in [3.8, 4) is 11.5 Å². The van der Waals surface area contributed by atoms with E-state index in [0.29, 0.717) is 0 Å². The zero-order valence-corrected chi connectivity index (χ0v) is 9.90. The van der Waals surface area contributed by atoms with Gasteiger partial charge in [0.1, 0.15) is 5.56 Å². The maximum Gasteiger partial charge on any atom is 0.285 e. The summed E-state index contributed by atoms with van der Waals surface area (Å²) in [6.45, 7) is 0. The van der Waals surface area contributed by atoms with E-state index in [2.05, 4.69) is 26.1 Å². The smallest absolute Gasteiger partial charge is 0.285 e. The van der Waals surface area contributed by atoms with Gasteiger partial charge in [-0.15, -0.1) is 10.2 Å². The Balaban J connectivity index is 2.60. The lowest BCUT2D eigenvalue weighted by atomic mass is 10.2. The summed E-state index contributed by atoms with van der Waals surface area (Å²) in [5.74, 6) is 0.0650. The van der Waals surface area contributed by atoms with Crippen molar-refractivity contribution in [1.82, 2.24) is 10.2 Å². The van der Waals surface area contributed by atoms with E-state index in [0.717, 1.165) is 0 Å². The van der Waals surface area contributed by atoms with E-state index < -0.39 is 4.92 Å². The van der Waals surface area contributed by atoms with Crippen LogP contribution in [0.3, 0.4) is 0 Å². The van der Waals surface area contributed by atoms with Gasteiger partial charge in [-0.05, 0) is 12.1 Å².